The van der Waals surface area contributed by atoms with E-state index in [0.29, 0.717) is 11.7 Å². The van der Waals surface area contributed by atoms with Crippen molar-refractivity contribution in [1.29, 1.82) is 0 Å². The van der Waals surface area contributed by atoms with Gasteiger partial charge in [0.15, 0.2) is 5.82 Å². The van der Waals surface area contributed by atoms with E-state index in [1.54, 1.807) is 6.07 Å². The molecular formula is C15H19ClFN3O. The summed E-state index contributed by atoms with van der Waals surface area (Å²) in [4.78, 5) is 4.44. The summed E-state index contributed by atoms with van der Waals surface area (Å²) in [6.07, 6.45) is 3.97. The first-order valence-electron chi connectivity index (χ1n) is 6.97. The topological polar surface area (TPSA) is 64.9 Å². The Labute approximate surface area is 129 Å². The van der Waals surface area contributed by atoms with Gasteiger partial charge in [-0.25, -0.2) is 4.39 Å². The highest BCUT2D eigenvalue weighted by molar-refractivity contribution is 5.85. The van der Waals surface area contributed by atoms with Crippen molar-refractivity contribution in [1.82, 2.24) is 10.1 Å². The predicted molar refractivity (Wildman–Crippen MR) is 79.8 cm³/mol. The Bertz CT molecular complexity index is 610. The molecule has 0 amide bonds. The summed E-state index contributed by atoms with van der Waals surface area (Å²) in [5, 5.41) is 4.03. The maximum absolute atomic E-state index is 13.3. The number of hydrogen-bond donors (Lipinski definition) is 1. The van der Waals surface area contributed by atoms with E-state index >= 15 is 0 Å². The third-order valence-electron chi connectivity index (χ3n) is 4.10. The molecule has 1 aromatic carbocycles. The monoisotopic (exact) mass is 311 g/mol. The summed E-state index contributed by atoms with van der Waals surface area (Å²) in [6, 6.07) is 6.44. The molecule has 0 bridgehead atoms. The van der Waals surface area contributed by atoms with Gasteiger partial charge in [-0.05, 0) is 37.5 Å². The van der Waals surface area contributed by atoms with Crippen molar-refractivity contribution in [2.24, 2.45) is 5.73 Å². The molecule has 21 heavy (non-hydrogen) atoms. The molecule has 0 spiro atoms. The van der Waals surface area contributed by atoms with E-state index in [1.165, 1.54) is 12.1 Å². The maximum Gasteiger partial charge on any atom is 0.233 e. The van der Waals surface area contributed by atoms with Gasteiger partial charge in [-0.15, -0.1) is 12.4 Å². The molecule has 1 aliphatic carbocycles. The molecule has 1 aliphatic rings. The van der Waals surface area contributed by atoms with Crippen LogP contribution in [0.1, 0.15) is 55.8 Å². The molecule has 4 nitrogen and oxygen atoms in total. The Morgan fingerprint density at radius 1 is 1.33 bits per heavy atom. The lowest BCUT2D eigenvalue weighted by atomic mass is 9.98. The first kappa shape index (κ1) is 15.9. The van der Waals surface area contributed by atoms with Crippen LogP contribution in [0.15, 0.2) is 28.8 Å². The van der Waals surface area contributed by atoms with Gasteiger partial charge < -0.3 is 10.3 Å². The largest absolute Gasteiger partial charge is 0.339 e. The lowest BCUT2D eigenvalue weighted by molar-refractivity contribution is 0.344. The van der Waals surface area contributed by atoms with Gasteiger partial charge in [-0.3, -0.25) is 0 Å². The molecule has 6 heteroatoms. The molecule has 1 unspecified atom stereocenters. The highest BCUT2D eigenvalue weighted by Gasteiger charge is 2.36. The van der Waals surface area contributed by atoms with Crippen molar-refractivity contribution in [2.75, 3.05) is 0 Å². The van der Waals surface area contributed by atoms with E-state index < -0.39 is 5.54 Å². The van der Waals surface area contributed by atoms with E-state index in [2.05, 4.69) is 10.1 Å². The van der Waals surface area contributed by atoms with Crippen molar-refractivity contribution < 1.29 is 8.91 Å². The van der Waals surface area contributed by atoms with E-state index in [1.807, 2.05) is 13.0 Å². The van der Waals surface area contributed by atoms with Crippen LogP contribution in [0, 0.1) is 5.82 Å². The van der Waals surface area contributed by atoms with Crippen LogP contribution in [-0.4, -0.2) is 10.1 Å². The van der Waals surface area contributed by atoms with Crippen molar-refractivity contribution >= 4 is 12.4 Å². The fourth-order valence-electron chi connectivity index (χ4n) is 2.76. The number of rotatable bonds is 3. The van der Waals surface area contributed by atoms with Crippen LogP contribution in [-0.2, 0) is 5.54 Å². The molecule has 0 radical (unpaired) electrons. The van der Waals surface area contributed by atoms with Crippen molar-refractivity contribution in [3.05, 3.63) is 47.4 Å². The molecule has 1 fully saturated rings. The van der Waals surface area contributed by atoms with Gasteiger partial charge in [0.2, 0.25) is 5.89 Å². The average Bonchev–Trinajstić information content (AvgIpc) is 3.07. The number of nitrogens with zero attached hydrogens (tertiary/aromatic N) is 2. The molecule has 3 rings (SSSR count). The fraction of sp³-hybridized carbons (Fsp3) is 0.467. The van der Waals surface area contributed by atoms with E-state index in [-0.39, 0.29) is 24.1 Å². The molecule has 1 heterocycles. The quantitative estimate of drug-likeness (QED) is 0.942. The zero-order valence-electron chi connectivity index (χ0n) is 11.9. The van der Waals surface area contributed by atoms with Crippen molar-refractivity contribution in [3.63, 3.8) is 0 Å². The van der Waals surface area contributed by atoms with E-state index in [0.717, 1.165) is 31.2 Å². The summed E-state index contributed by atoms with van der Waals surface area (Å²) >= 11 is 0. The van der Waals surface area contributed by atoms with Gasteiger partial charge >= 0.3 is 0 Å². The fourth-order valence-corrected chi connectivity index (χ4v) is 2.76. The number of nitrogens with two attached hydrogens (primary N) is 1. The van der Waals surface area contributed by atoms with Gasteiger partial charge in [0, 0.05) is 0 Å². The van der Waals surface area contributed by atoms with Crippen LogP contribution in [0.25, 0.3) is 0 Å². The van der Waals surface area contributed by atoms with Crippen LogP contribution in [0.5, 0.6) is 0 Å². The summed E-state index contributed by atoms with van der Waals surface area (Å²) in [6.45, 7) is 1.92. The van der Waals surface area contributed by atoms with Crippen LogP contribution in [0.2, 0.25) is 0 Å². The standard InChI is InChI=1S/C15H18FN3O.ClH/c1-10(11-5-4-6-12(16)9-11)13-18-14(19-20-13)15(17)7-2-3-8-15;/h4-6,9-10H,2-3,7-8,17H2,1H3;1H. The molecule has 0 saturated heterocycles. The van der Waals surface area contributed by atoms with Gasteiger partial charge in [0.25, 0.3) is 0 Å². The molecule has 2 N–H and O–H groups in total. The Hall–Kier alpha value is -1.46. The highest BCUT2D eigenvalue weighted by Crippen LogP contribution is 2.35. The van der Waals surface area contributed by atoms with Gasteiger partial charge in [-0.2, -0.15) is 4.98 Å². The first-order chi connectivity index (χ1) is 9.58. The first-order valence-corrected chi connectivity index (χ1v) is 6.97. The summed E-state index contributed by atoms with van der Waals surface area (Å²) < 4.78 is 18.6. The zero-order chi connectivity index (χ0) is 14.2. The molecule has 1 saturated carbocycles. The third-order valence-corrected chi connectivity index (χ3v) is 4.10. The minimum Gasteiger partial charge on any atom is -0.339 e. The molecule has 0 aliphatic heterocycles. The summed E-state index contributed by atoms with van der Waals surface area (Å²) in [7, 11) is 0. The second kappa shape index (κ2) is 6.12. The molecule has 2 aromatic rings. The van der Waals surface area contributed by atoms with Gasteiger partial charge in [0.1, 0.15) is 5.82 Å². The number of aromatic nitrogens is 2. The lowest BCUT2D eigenvalue weighted by Gasteiger charge is -2.17. The number of halogens is 2. The van der Waals surface area contributed by atoms with Crippen LogP contribution in [0.3, 0.4) is 0 Å². The Morgan fingerprint density at radius 3 is 2.71 bits per heavy atom. The third kappa shape index (κ3) is 3.09. The molecule has 114 valence electrons. The van der Waals surface area contributed by atoms with Crippen LogP contribution >= 0.6 is 12.4 Å². The normalized spacial score (nSPS) is 18.2. The SMILES string of the molecule is CC(c1cccc(F)c1)c1nc(C2(N)CCCC2)no1.Cl. The van der Waals surface area contributed by atoms with E-state index in [4.69, 9.17) is 10.3 Å². The van der Waals surface area contributed by atoms with E-state index in [9.17, 15) is 4.39 Å². The second-order valence-corrected chi connectivity index (χ2v) is 5.60. The second-order valence-electron chi connectivity index (χ2n) is 5.60. The van der Waals surface area contributed by atoms with Gasteiger partial charge in [-0.1, -0.05) is 30.1 Å². The van der Waals surface area contributed by atoms with Crippen LogP contribution < -0.4 is 5.73 Å². The minimum atomic E-state index is -0.455. The maximum atomic E-state index is 13.3. The number of hydrogen-bond acceptors (Lipinski definition) is 4. The highest BCUT2D eigenvalue weighted by atomic mass is 35.5. The zero-order valence-corrected chi connectivity index (χ0v) is 12.7. The molecule has 1 atom stereocenters. The number of benzene rings is 1. The Kier molecular flexibility index (Phi) is 4.64. The Morgan fingerprint density at radius 2 is 2.05 bits per heavy atom. The predicted octanol–water partition coefficient (Wildman–Crippen LogP) is 3.51. The van der Waals surface area contributed by atoms with Crippen molar-refractivity contribution in [3.8, 4) is 0 Å². The molecule has 1 aromatic heterocycles. The van der Waals surface area contributed by atoms with Crippen molar-refractivity contribution in [2.45, 2.75) is 44.1 Å². The van der Waals surface area contributed by atoms with Crippen LogP contribution in [0.4, 0.5) is 4.39 Å². The smallest absolute Gasteiger partial charge is 0.233 e. The minimum absolute atomic E-state index is 0. The lowest BCUT2D eigenvalue weighted by Crippen LogP contribution is -2.34. The Balaban J connectivity index is 0.00000161. The average molecular weight is 312 g/mol. The van der Waals surface area contributed by atoms with Gasteiger partial charge in [0.05, 0.1) is 11.5 Å². The molecular weight excluding hydrogens is 293 g/mol. The summed E-state index contributed by atoms with van der Waals surface area (Å²) in [5.74, 6) is 0.660. The summed E-state index contributed by atoms with van der Waals surface area (Å²) in [5.41, 5.74) is 6.67.